The molecule has 27 heavy (non-hydrogen) atoms. The van der Waals surface area contributed by atoms with Gasteiger partial charge in [0.1, 0.15) is 0 Å². The first kappa shape index (κ1) is 27.6. The maximum absolute atomic E-state index is 7.01. The van der Waals surface area contributed by atoms with Crippen molar-refractivity contribution in [3.63, 3.8) is 0 Å². The monoisotopic (exact) mass is 432 g/mol. The van der Waals surface area contributed by atoms with Gasteiger partial charge >= 0.3 is 8.56 Å². The second kappa shape index (κ2) is 13.0. The van der Waals surface area contributed by atoms with Crippen molar-refractivity contribution in [2.24, 2.45) is 11.8 Å². The van der Waals surface area contributed by atoms with Crippen molar-refractivity contribution in [3.05, 3.63) is 0 Å². The minimum atomic E-state index is -2.06. The summed E-state index contributed by atoms with van der Waals surface area (Å²) in [4.78, 5) is 0. The van der Waals surface area contributed by atoms with Crippen molar-refractivity contribution < 1.29 is 8.23 Å². The maximum atomic E-state index is 7.01. The maximum Gasteiger partial charge on any atom is 0.317 e. The fraction of sp³-hybridized carbons (Fsp3) is 1.00. The van der Waals surface area contributed by atoms with Crippen molar-refractivity contribution in [2.45, 2.75) is 130 Å². The molecule has 0 bridgehead atoms. The van der Waals surface area contributed by atoms with Crippen molar-refractivity contribution in [3.8, 4) is 0 Å². The molecule has 0 aromatic heterocycles. The van der Waals surface area contributed by atoms with Crippen LogP contribution in [0.3, 0.4) is 0 Å². The fourth-order valence-electron chi connectivity index (χ4n) is 3.83. The average molecular weight is 433 g/mol. The van der Waals surface area contributed by atoms with E-state index in [1.807, 2.05) is 0 Å². The minimum absolute atomic E-state index is 0.849. The van der Waals surface area contributed by atoms with Gasteiger partial charge in [-0.1, -0.05) is 80.1 Å². The van der Waals surface area contributed by atoms with Gasteiger partial charge in [0.25, 0.3) is 0 Å². The van der Waals surface area contributed by atoms with Crippen molar-refractivity contribution >= 4 is 25.2 Å². The quantitative estimate of drug-likeness (QED) is 0.227. The smallest absolute Gasteiger partial charge is 0.317 e. The molecule has 164 valence electrons. The molecule has 1 unspecified atom stereocenters. The van der Waals surface area contributed by atoms with Crippen LogP contribution < -0.4 is 0 Å². The van der Waals surface area contributed by atoms with E-state index in [2.05, 4.69) is 67.7 Å². The van der Waals surface area contributed by atoms with E-state index in [1.165, 1.54) is 50.6 Å². The van der Waals surface area contributed by atoms with E-state index >= 15 is 0 Å². The fourth-order valence-corrected chi connectivity index (χ4v) is 18.2. The summed E-state index contributed by atoms with van der Waals surface area (Å²) in [5, 5.41) is 0. The van der Waals surface area contributed by atoms with Crippen molar-refractivity contribution in [1.29, 1.82) is 0 Å². The molecule has 0 fully saturated rings. The summed E-state index contributed by atoms with van der Waals surface area (Å²) in [5.41, 5.74) is 0. The minimum Gasteiger partial charge on any atom is -0.436 e. The molecule has 0 aliphatic carbocycles. The molecule has 2 atom stereocenters. The first-order valence-corrected chi connectivity index (χ1v) is 20.3. The highest BCUT2D eigenvalue weighted by Crippen LogP contribution is 2.32. The first-order valence-electron chi connectivity index (χ1n) is 11.8. The normalized spacial score (nSPS) is 15.8. The van der Waals surface area contributed by atoms with E-state index in [0.717, 1.165) is 23.9 Å². The van der Waals surface area contributed by atoms with Gasteiger partial charge in [0.2, 0.25) is 0 Å². The largest absolute Gasteiger partial charge is 0.436 e. The van der Waals surface area contributed by atoms with Crippen LogP contribution in [0.25, 0.3) is 0 Å². The van der Waals surface area contributed by atoms with Gasteiger partial charge in [0, 0.05) is 0 Å². The molecule has 0 N–H and O–H groups in total. The van der Waals surface area contributed by atoms with Crippen LogP contribution in [0.15, 0.2) is 0 Å². The Balaban J connectivity index is 4.83. The van der Waals surface area contributed by atoms with Crippen molar-refractivity contribution in [2.75, 3.05) is 0 Å². The van der Waals surface area contributed by atoms with Crippen LogP contribution in [0.2, 0.25) is 50.4 Å². The summed E-state index contributed by atoms with van der Waals surface area (Å²) < 4.78 is 14.0. The number of rotatable bonds is 16. The molecule has 0 radical (unpaired) electrons. The summed E-state index contributed by atoms with van der Waals surface area (Å²) >= 11 is 0. The van der Waals surface area contributed by atoms with Crippen LogP contribution >= 0.6 is 0 Å². The van der Waals surface area contributed by atoms with Gasteiger partial charge in [-0.2, -0.15) is 0 Å². The van der Waals surface area contributed by atoms with E-state index in [0.29, 0.717) is 0 Å². The van der Waals surface area contributed by atoms with Gasteiger partial charge in [-0.15, -0.1) is 0 Å². The SMILES string of the molecule is CCC(C)CCC[Si](C)(C)O[Si](CC)(CC)O[Si](C)(C)CCC[C@H](C)CC. The van der Waals surface area contributed by atoms with Crippen LogP contribution in [-0.2, 0) is 8.23 Å². The lowest BCUT2D eigenvalue weighted by molar-refractivity contribution is 0.366. The molecule has 0 saturated carbocycles. The van der Waals surface area contributed by atoms with E-state index < -0.39 is 25.2 Å². The lowest BCUT2D eigenvalue weighted by Gasteiger charge is -2.42. The third-order valence-electron chi connectivity index (χ3n) is 6.35. The molecule has 0 spiro atoms. The molecule has 0 rings (SSSR count). The zero-order valence-corrected chi connectivity index (χ0v) is 23.5. The van der Waals surface area contributed by atoms with E-state index in [4.69, 9.17) is 8.23 Å². The summed E-state index contributed by atoms with van der Waals surface area (Å²) in [6.45, 7) is 23.7. The predicted molar refractivity (Wildman–Crippen MR) is 131 cm³/mol. The predicted octanol–water partition coefficient (Wildman–Crippen LogP) is 8.56. The van der Waals surface area contributed by atoms with E-state index in [9.17, 15) is 0 Å². The highest BCUT2D eigenvalue weighted by Gasteiger charge is 2.44. The third kappa shape index (κ3) is 12.0. The van der Waals surface area contributed by atoms with Gasteiger partial charge < -0.3 is 8.23 Å². The number of hydrogen-bond donors (Lipinski definition) is 0. The first-order chi connectivity index (χ1) is 12.4. The summed E-state index contributed by atoms with van der Waals surface area (Å²) in [7, 11) is -5.37. The molecule has 0 aliphatic heterocycles. The van der Waals surface area contributed by atoms with Gasteiger partial charge in [0.05, 0.1) is 0 Å². The summed E-state index contributed by atoms with van der Waals surface area (Å²) in [6.07, 6.45) is 7.93. The molecular weight excluding hydrogens is 380 g/mol. The Morgan fingerprint density at radius 3 is 1.22 bits per heavy atom. The Labute approximate surface area is 175 Å². The highest BCUT2D eigenvalue weighted by atomic mass is 28.5. The topological polar surface area (TPSA) is 18.5 Å². The molecule has 0 amide bonds. The van der Waals surface area contributed by atoms with Gasteiger partial charge in [0.15, 0.2) is 16.6 Å². The molecule has 0 aliphatic rings. The lowest BCUT2D eigenvalue weighted by atomic mass is 10.0. The van der Waals surface area contributed by atoms with Crippen LogP contribution in [0, 0.1) is 11.8 Å². The molecule has 0 saturated heterocycles. The van der Waals surface area contributed by atoms with Gasteiger partial charge in [-0.3, -0.25) is 0 Å². The second-order valence-electron chi connectivity index (χ2n) is 10.2. The molecular formula is C22H52O2Si3. The van der Waals surface area contributed by atoms with Crippen LogP contribution in [0.5, 0.6) is 0 Å². The van der Waals surface area contributed by atoms with Gasteiger partial charge in [-0.05, 0) is 62.2 Å². The third-order valence-corrected chi connectivity index (χ3v) is 19.0. The summed E-state index contributed by atoms with van der Waals surface area (Å²) in [6, 6.07) is 4.77. The zero-order valence-electron chi connectivity index (χ0n) is 20.5. The van der Waals surface area contributed by atoms with Crippen molar-refractivity contribution in [1.82, 2.24) is 0 Å². The van der Waals surface area contributed by atoms with Crippen LogP contribution in [-0.4, -0.2) is 25.2 Å². The molecule has 0 aromatic rings. The average Bonchev–Trinajstić information content (AvgIpc) is 2.59. The Bertz CT molecular complexity index is 350. The Morgan fingerprint density at radius 1 is 0.630 bits per heavy atom. The standard InChI is InChI=1S/C22H52O2Si3/c1-11-21(5)17-15-19-25(7,8)23-27(13-3,14-4)24-26(9,10)20-16-18-22(6)12-2/h21-22H,11-20H2,1-10H3/t21-,22?/m1/s1. The second-order valence-corrected chi connectivity index (χ2v) is 23.1. The Kier molecular flexibility index (Phi) is 13.3. The Hall–Kier alpha value is 0.571. The van der Waals surface area contributed by atoms with Gasteiger partial charge in [-0.25, -0.2) is 0 Å². The van der Waals surface area contributed by atoms with Crippen LogP contribution in [0.1, 0.15) is 80.1 Å². The highest BCUT2D eigenvalue weighted by molar-refractivity contribution is 6.88. The van der Waals surface area contributed by atoms with E-state index in [-0.39, 0.29) is 0 Å². The zero-order chi connectivity index (χ0) is 21.1. The summed E-state index contributed by atoms with van der Waals surface area (Å²) in [5.74, 6) is 1.70. The van der Waals surface area contributed by atoms with E-state index in [1.54, 1.807) is 0 Å². The van der Waals surface area contributed by atoms with Crippen LogP contribution in [0.4, 0.5) is 0 Å². The molecule has 2 nitrogen and oxygen atoms in total. The molecule has 5 heteroatoms. The molecule has 0 aromatic carbocycles. The Morgan fingerprint density at radius 2 is 0.963 bits per heavy atom. The molecule has 0 heterocycles. The number of hydrogen-bond acceptors (Lipinski definition) is 2. The lowest BCUT2D eigenvalue weighted by Crippen LogP contribution is -2.55.